The molecule has 0 fully saturated rings. The van der Waals surface area contributed by atoms with Crippen molar-refractivity contribution in [3.63, 3.8) is 0 Å². The summed E-state index contributed by atoms with van der Waals surface area (Å²) in [5, 5.41) is 2.75. The minimum absolute atomic E-state index is 0.0726. The third-order valence-electron chi connectivity index (χ3n) is 4.88. The van der Waals surface area contributed by atoms with Crippen LogP contribution in [0.4, 0.5) is 11.4 Å². The number of hydrogen-bond acceptors (Lipinski definition) is 6. The van der Waals surface area contributed by atoms with Crippen LogP contribution in [-0.4, -0.2) is 40.7 Å². The van der Waals surface area contributed by atoms with Gasteiger partial charge in [0, 0.05) is 11.8 Å². The monoisotopic (exact) mass is 468 g/mol. The van der Waals surface area contributed by atoms with E-state index < -0.39 is 22.5 Å². The molecule has 0 aliphatic carbocycles. The van der Waals surface area contributed by atoms with Gasteiger partial charge in [0.25, 0.3) is 10.0 Å². The molecule has 0 bridgehead atoms. The zero-order valence-corrected chi connectivity index (χ0v) is 18.9. The van der Waals surface area contributed by atoms with Crippen LogP contribution in [0.3, 0.4) is 0 Å². The lowest BCUT2D eigenvalue weighted by atomic mass is 10.2. The van der Waals surface area contributed by atoms with Crippen LogP contribution in [0.2, 0.25) is 0 Å². The molecule has 3 aromatic rings. The molecule has 0 atom stereocenters. The maximum absolute atomic E-state index is 13.5. The zero-order valence-electron chi connectivity index (χ0n) is 18.1. The number of anilines is 2. The number of nitrogens with one attached hydrogen (secondary N) is 1. The van der Waals surface area contributed by atoms with Gasteiger partial charge in [-0.15, -0.1) is 0 Å². The summed E-state index contributed by atoms with van der Waals surface area (Å²) in [4.78, 5) is 13.1. The number of para-hydroxylation sites is 2. The van der Waals surface area contributed by atoms with E-state index in [1.54, 1.807) is 67.6 Å². The van der Waals surface area contributed by atoms with Crippen molar-refractivity contribution in [1.29, 1.82) is 0 Å². The van der Waals surface area contributed by atoms with E-state index in [1.807, 2.05) is 0 Å². The first-order valence-electron chi connectivity index (χ1n) is 10.5. The first-order valence-corrected chi connectivity index (χ1v) is 11.9. The van der Waals surface area contributed by atoms with E-state index in [1.165, 1.54) is 12.1 Å². The molecule has 1 aliphatic heterocycles. The fourth-order valence-corrected chi connectivity index (χ4v) is 4.86. The molecule has 1 amide bonds. The third-order valence-corrected chi connectivity index (χ3v) is 6.65. The Morgan fingerprint density at radius 3 is 2.42 bits per heavy atom. The summed E-state index contributed by atoms with van der Waals surface area (Å²) in [5.74, 6) is 0.969. The van der Waals surface area contributed by atoms with Gasteiger partial charge in [-0.1, -0.05) is 30.3 Å². The van der Waals surface area contributed by atoms with E-state index in [2.05, 4.69) is 5.32 Å². The Hall–Kier alpha value is -3.72. The van der Waals surface area contributed by atoms with Gasteiger partial charge in [-0.2, -0.15) is 0 Å². The summed E-state index contributed by atoms with van der Waals surface area (Å²) in [6.07, 6.45) is 0. The molecule has 8 nitrogen and oxygen atoms in total. The Morgan fingerprint density at radius 2 is 1.67 bits per heavy atom. The van der Waals surface area contributed by atoms with Crippen molar-refractivity contribution in [1.82, 2.24) is 0 Å². The predicted molar refractivity (Wildman–Crippen MR) is 125 cm³/mol. The Kier molecular flexibility index (Phi) is 6.69. The summed E-state index contributed by atoms with van der Waals surface area (Å²) in [5.41, 5.74) is 0.750. The van der Waals surface area contributed by atoms with Gasteiger partial charge < -0.3 is 19.5 Å². The number of benzene rings is 3. The second-order valence-corrected chi connectivity index (χ2v) is 8.99. The SMILES string of the molecule is CCOc1ccccc1N(CC(=O)Nc1ccc2c(c1)OCCO2)S(=O)(=O)c1ccccc1. The van der Waals surface area contributed by atoms with Crippen molar-refractivity contribution in [3.8, 4) is 17.2 Å². The quantitative estimate of drug-likeness (QED) is 0.542. The molecule has 0 saturated heterocycles. The minimum Gasteiger partial charge on any atom is -0.492 e. The van der Waals surface area contributed by atoms with Crippen LogP contribution in [0.15, 0.2) is 77.7 Å². The summed E-state index contributed by atoms with van der Waals surface area (Å²) >= 11 is 0. The number of fused-ring (bicyclic) bond motifs is 1. The third kappa shape index (κ3) is 5.04. The molecule has 3 aromatic carbocycles. The fraction of sp³-hybridized carbons (Fsp3) is 0.208. The second-order valence-electron chi connectivity index (χ2n) is 7.13. The van der Waals surface area contributed by atoms with Gasteiger partial charge in [-0.25, -0.2) is 8.42 Å². The highest BCUT2D eigenvalue weighted by atomic mass is 32.2. The lowest BCUT2D eigenvalue weighted by molar-refractivity contribution is -0.114. The van der Waals surface area contributed by atoms with Crippen molar-refractivity contribution in [2.75, 3.05) is 36.0 Å². The molecule has 1 N–H and O–H groups in total. The smallest absolute Gasteiger partial charge is 0.264 e. The van der Waals surface area contributed by atoms with Gasteiger partial charge in [-0.3, -0.25) is 9.10 Å². The number of sulfonamides is 1. The minimum atomic E-state index is -4.05. The normalized spacial score (nSPS) is 12.6. The van der Waals surface area contributed by atoms with Crippen LogP contribution in [0, 0.1) is 0 Å². The first kappa shape index (κ1) is 22.5. The molecular formula is C24H24N2O6S. The summed E-state index contributed by atoms with van der Waals surface area (Å²) in [6, 6.07) is 19.7. The Labute approximate surface area is 192 Å². The molecule has 9 heteroatoms. The van der Waals surface area contributed by atoms with Gasteiger partial charge in [0.1, 0.15) is 25.5 Å². The lowest BCUT2D eigenvalue weighted by Gasteiger charge is -2.26. The zero-order chi connectivity index (χ0) is 23.3. The highest BCUT2D eigenvalue weighted by Crippen LogP contribution is 2.34. The summed E-state index contributed by atoms with van der Waals surface area (Å²) in [6.45, 7) is 2.59. The average molecular weight is 469 g/mol. The molecule has 0 unspecified atom stereocenters. The van der Waals surface area contributed by atoms with Crippen LogP contribution in [0.25, 0.3) is 0 Å². The molecule has 0 saturated carbocycles. The van der Waals surface area contributed by atoms with Crippen molar-refractivity contribution < 1.29 is 27.4 Å². The molecule has 33 heavy (non-hydrogen) atoms. The maximum atomic E-state index is 13.5. The second kappa shape index (κ2) is 9.83. The molecule has 0 spiro atoms. The molecule has 1 heterocycles. The number of carbonyl (C=O) groups is 1. The summed E-state index contributed by atoms with van der Waals surface area (Å²) < 4.78 is 44.8. The van der Waals surface area contributed by atoms with E-state index in [0.717, 1.165) is 4.31 Å². The van der Waals surface area contributed by atoms with Gasteiger partial charge in [0.05, 0.1) is 17.2 Å². The standard InChI is InChI=1S/C24H24N2O6S/c1-2-30-21-11-7-6-10-20(21)26(33(28,29)19-8-4-3-5-9-19)17-24(27)25-18-12-13-22-23(16-18)32-15-14-31-22/h3-13,16H,2,14-15,17H2,1H3,(H,25,27). The van der Waals surface area contributed by atoms with Crippen LogP contribution < -0.4 is 23.8 Å². The van der Waals surface area contributed by atoms with Crippen molar-refractivity contribution in [2.24, 2.45) is 0 Å². The number of amides is 1. The van der Waals surface area contributed by atoms with E-state index in [9.17, 15) is 13.2 Å². The Balaban J connectivity index is 1.65. The van der Waals surface area contributed by atoms with E-state index >= 15 is 0 Å². The van der Waals surface area contributed by atoms with Crippen LogP contribution >= 0.6 is 0 Å². The van der Waals surface area contributed by atoms with E-state index in [0.29, 0.717) is 42.8 Å². The van der Waals surface area contributed by atoms with Crippen molar-refractivity contribution in [2.45, 2.75) is 11.8 Å². The number of carbonyl (C=O) groups excluding carboxylic acids is 1. The van der Waals surface area contributed by atoms with Crippen LogP contribution in [-0.2, 0) is 14.8 Å². The largest absolute Gasteiger partial charge is 0.492 e. The predicted octanol–water partition coefficient (Wildman–Crippen LogP) is 3.69. The highest BCUT2D eigenvalue weighted by Gasteiger charge is 2.29. The molecule has 1 aliphatic rings. The highest BCUT2D eigenvalue weighted by molar-refractivity contribution is 7.92. The van der Waals surface area contributed by atoms with E-state index in [4.69, 9.17) is 14.2 Å². The molecule has 0 radical (unpaired) electrons. The molecule has 172 valence electrons. The van der Waals surface area contributed by atoms with Crippen LogP contribution in [0.5, 0.6) is 17.2 Å². The number of ether oxygens (including phenoxy) is 3. The topological polar surface area (TPSA) is 94.2 Å². The van der Waals surface area contributed by atoms with Crippen molar-refractivity contribution >= 4 is 27.3 Å². The van der Waals surface area contributed by atoms with Gasteiger partial charge in [-0.05, 0) is 43.3 Å². The van der Waals surface area contributed by atoms with E-state index in [-0.39, 0.29) is 10.6 Å². The molecular weight excluding hydrogens is 444 g/mol. The lowest BCUT2D eigenvalue weighted by Crippen LogP contribution is -2.38. The summed E-state index contributed by atoms with van der Waals surface area (Å²) in [7, 11) is -4.05. The number of nitrogens with zero attached hydrogens (tertiary/aromatic N) is 1. The number of hydrogen-bond donors (Lipinski definition) is 1. The first-order chi connectivity index (χ1) is 16.0. The Morgan fingerprint density at radius 1 is 0.970 bits per heavy atom. The molecule has 4 rings (SSSR count). The van der Waals surface area contributed by atoms with Gasteiger partial charge in [0.15, 0.2) is 11.5 Å². The van der Waals surface area contributed by atoms with Crippen molar-refractivity contribution in [3.05, 3.63) is 72.8 Å². The van der Waals surface area contributed by atoms with Gasteiger partial charge in [0.2, 0.25) is 5.91 Å². The maximum Gasteiger partial charge on any atom is 0.264 e. The van der Waals surface area contributed by atoms with Gasteiger partial charge >= 0.3 is 0 Å². The fourth-order valence-electron chi connectivity index (χ4n) is 3.41. The average Bonchev–Trinajstić information content (AvgIpc) is 2.84. The Bertz CT molecular complexity index is 1230. The number of rotatable bonds is 8. The molecule has 0 aromatic heterocycles. The van der Waals surface area contributed by atoms with Crippen LogP contribution in [0.1, 0.15) is 6.92 Å².